The third-order valence-corrected chi connectivity index (χ3v) is 5.36. The predicted molar refractivity (Wildman–Crippen MR) is 130 cm³/mol. The van der Waals surface area contributed by atoms with Gasteiger partial charge in [0, 0.05) is 23.4 Å². The predicted octanol–water partition coefficient (Wildman–Crippen LogP) is 6.21. The van der Waals surface area contributed by atoms with Crippen molar-refractivity contribution in [1.82, 2.24) is 0 Å². The number of aliphatic hydroxyl groups is 1. The molecular formula is C26H29N2OS+. The second-order valence-electron chi connectivity index (χ2n) is 8.58. The molecule has 0 saturated carbocycles. The van der Waals surface area contributed by atoms with E-state index in [4.69, 9.17) is 12.2 Å². The van der Waals surface area contributed by atoms with Crippen LogP contribution in [0.4, 0.5) is 5.69 Å². The number of benzene rings is 2. The first-order chi connectivity index (χ1) is 14.2. The fourth-order valence-corrected chi connectivity index (χ4v) is 3.61. The smallest absolute Gasteiger partial charge is 0.288 e. The number of aliphatic hydroxyl groups excluding tert-OH is 1. The van der Waals surface area contributed by atoms with Crippen LogP contribution in [0.15, 0.2) is 73.1 Å². The molecule has 3 nitrogen and oxygen atoms in total. The van der Waals surface area contributed by atoms with Crippen LogP contribution >= 0.6 is 12.2 Å². The van der Waals surface area contributed by atoms with Gasteiger partial charge >= 0.3 is 0 Å². The van der Waals surface area contributed by atoms with Gasteiger partial charge in [0.25, 0.3) is 5.70 Å². The van der Waals surface area contributed by atoms with Crippen molar-refractivity contribution in [3.63, 3.8) is 0 Å². The molecule has 30 heavy (non-hydrogen) atoms. The van der Waals surface area contributed by atoms with Crippen LogP contribution < -0.4 is 9.88 Å². The van der Waals surface area contributed by atoms with Gasteiger partial charge in [-0.05, 0) is 36.5 Å². The summed E-state index contributed by atoms with van der Waals surface area (Å²) in [6.07, 6.45) is 3.76. The van der Waals surface area contributed by atoms with E-state index in [0.29, 0.717) is 10.7 Å². The summed E-state index contributed by atoms with van der Waals surface area (Å²) < 4.78 is 1.84. The molecule has 1 aromatic heterocycles. The topological polar surface area (TPSA) is 36.1 Å². The van der Waals surface area contributed by atoms with Crippen LogP contribution in [-0.4, -0.2) is 10.1 Å². The molecule has 0 saturated heterocycles. The Labute approximate surface area is 184 Å². The fourth-order valence-electron chi connectivity index (χ4n) is 3.29. The van der Waals surface area contributed by atoms with E-state index in [2.05, 4.69) is 51.2 Å². The number of anilines is 1. The van der Waals surface area contributed by atoms with Crippen LogP contribution in [0.25, 0.3) is 11.5 Å². The molecule has 3 aromatic rings. The first-order valence-electron chi connectivity index (χ1n) is 10.1. The van der Waals surface area contributed by atoms with Gasteiger partial charge in [0.2, 0.25) is 0 Å². The lowest BCUT2D eigenvalue weighted by Gasteiger charge is -2.19. The summed E-state index contributed by atoms with van der Waals surface area (Å²) >= 11 is 5.74. The maximum absolute atomic E-state index is 11.2. The number of aromatic nitrogens is 1. The number of aryl methyl sites for hydroxylation is 2. The SMILES string of the molecule is Cc1ccc(NC(=S)/C(=C(\O)c2ccc(C(C)(C)C)cc2)[n+]2ccccc2)c(C)c1. The summed E-state index contributed by atoms with van der Waals surface area (Å²) in [5, 5.41) is 14.5. The van der Waals surface area contributed by atoms with Crippen molar-refractivity contribution in [2.75, 3.05) is 5.32 Å². The maximum Gasteiger partial charge on any atom is 0.288 e. The molecule has 0 amide bonds. The highest BCUT2D eigenvalue weighted by Crippen LogP contribution is 2.26. The molecule has 0 unspecified atom stereocenters. The molecule has 0 aliphatic heterocycles. The van der Waals surface area contributed by atoms with E-state index >= 15 is 0 Å². The standard InChI is InChI=1S/C26H28N2OS/c1-18-9-14-22(19(2)17-18)27-25(30)23(28-15-7-6-8-16-28)24(29)20-10-12-21(13-11-20)26(3,4)5/h6-17H,1-5H3,(H-,27,29,30)/p+1. The van der Waals surface area contributed by atoms with E-state index in [1.165, 1.54) is 11.1 Å². The van der Waals surface area contributed by atoms with Crippen LogP contribution in [-0.2, 0) is 5.41 Å². The van der Waals surface area contributed by atoms with Crippen molar-refractivity contribution in [3.8, 4) is 0 Å². The first kappa shape index (κ1) is 21.7. The van der Waals surface area contributed by atoms with Crippen LogP contribution in [0, 0.1) is 13.8 Å². The normalized spacial score (nSPS) is 12.3. The summed E-state index contributed by atoms with van der Waals surface area (Å²) in [5.41, 5.74) is 5.74. The Kier molecular flexibility index (Phi) is 6.37. The van der Waals surface area contributed by atoms with E-state index in [0.717, 1.165) is 16.8 Å². The zero-order chi connectivity index (χ0) is 21.9. The molecule has 0 radical (unpaired) electrons. The Morgan fingerprint density at radius 1 is 0.933 bits per heavy atom. The molecule has 0 aliphatic rings. The fraction of sp³-hybridized carbons (Fsp3) is 0.231. The van der Waals surface area contributed by atoms with Gasteiger partial charge in [0.1, 0.15) is 0 Å². The third kappa shape index (κ3) is 4.95. The minimum atomic E-state index is 0.0503. The zero-order valence-corrected chi connectivity index (χ0v) is 19.0. The van der Waals surface area contributed by atoms with E-state index in [1.54, 1.807) is 0 Å². The van der Waals surface area contributed by atoms with Gasteiger partial charge in [-0.3, -0.25) is 0 Å². The highest BCUT2D eigenvalue weighted by Gasteiger charge is 2.24. The minimum absolute atomic E-state index is 0.0503. The van der Waals surface area contributed by atoms with Crippen molar-refractivity contribution < 1.29 is 9.67 Å². The Hall–Kier alpha value is -2.98. The Morgan fingerprint density at radius 3 is 2.13 bits per heavy atom. The molecule has 0 fully saturated rings. The quantitative estimate of drug-likeness (QED) is 0.229. The van der Waals surface area contributed by atoms with Gasteiger partial charge in [0.05, 0.1) is 0 Å². The number of rotatable bonds is 4. The van der Waals surface area contributed by atoms with Crippen molar-refractivity contribution in [1.29, 1.82) is 0 Å². The average molecular weight is 418 g/mol. The van der Waals surface area contributed by atoms with Crippen molar-refractivity contribution in [2.45, 2.75) is 40.0 Å². The molecule has 2 aromatic carbocycles. The molecule has 0 bridgehead atoms. The number of hydrogen-bond acceptors (Lipinski definition) is 2. The van der Waals surface area contributed by atoms with Gasteiger partial charge in [-0.2, -0.15) is 4.57 Å². The van der Waals surface area contributed by atoms with E-state index in [1.807, 2.05) is 66.3 Å². The van der Waals surface area contributed by atoms with Crippen molar-refractivity contribution in [3.05, 3.63) is 95.3 Å². The Morgan fingerprint density at radius 2 is 1.57 bits per heavy atom. The van der Waals surface area contributed by atoms with Crippen LogP contribution in [0.3, 0.4) is 0 Å². The highest BCUT2D eigenvalue weighted by atomic mass is 32.1. The molecule has 1 heterocycles. The number of thiocarbonyl (C=S) groups is 1. The summed E-state index contributed by atoms with van der Waals surface area (Å²) in [7, 11) is 0. The summed E-state index contributed by atoms with van der Waals surface area (Å²) in [6.45, 7) is 10.6. The Bertz CT molecular complexity index is 1080. The van der Waals surface area contributed by atoms with Crippen LogP contribution in [0.1, 0.15) is 43.0 Å². The number of nitrogens with one attached hydrogen (secondary N) is 1. The third-order valence-electron chi connectivity index (χ3n) is 5.07. The zero-order valence-electron chi connectivity index (χ0n) is 18.2. The molecule has 0 aliphatic carbocycles. The minimum Gasteiger partial charge on any atom is -0.502 e. The molecular weight excluding hydrogens is 388 g/mol. The van der Waals surface area contributed by atoms with Crippen LogP contribution in [0.5, 0.6) is 0 Å². The van der Waals surface area contributed by atoms with Crippen LogP contribution in [0.2, 0.25) is 0 Å². The number of nitrogens with zero attached hydrogens (tertiary/aromatic N) is 1. The van der Waals surface area contributed by atoms with E-state index < -0.39 is 0 Å². The summed E-state index contributed by atoms with van der Waals surface area (Å²) in [5.74, 6) is 0.133. The molecule has 2 N–H and O–H groups in total. The lowest BCUT2D eigenvalue weighted by Crippen LogP contribution is -2.38. The van der Waals surface area contributed by atoms with Crippen molar-refractivity contribution >= 4 is 34.3 Å². The monoisotopic (exact) mass is 417 g/mol. The van der Waals surface area contributed by atoms with Gasteiger partial charge in [-0.25, -0.2) is 0 Å². The van der Waals surface area contributed by atoms with E-state index in [9.17, 15) is 5.11 Å². The molecule has 0 atom stereocenters. The maximum atomic E-state index is 11.2. The van der Waals surface area contributed by atoms with Gasteiger partial charge in [0.15, 0.2) is 23.1 Å². The lowest BCUT2D eigenvalue weighted by molar-refractivity contribution is -0.575. The van der Waals surface area contributed by atoms with Crippen molar-refractivity contribution in [2.24, 2.45) is 0 Å². The van der Waals surface area contributed by atoms with E-state index in [-0.39, 0.29) is 11.2 Å². The summed E-state index contributed by atoms with van der Waals surface area (Å²) in [4.78, 5) is 0.454. The first-order valence-corrected chi connectivity index (χ1v) is 10.5. The summed E-state index contributed by atoms with van der Waals surface area (Å²) in [6, 6.07) is 19.9. The number of hydrogen-bond donors (Lipinski definition) is 2. The average Bonchev–Trinajstić information content (AvgIpc) is 2.70. The molecule has 4 heteroatoms. The van der Waals surface area contributed by atoms with Gasteiger partial charge in [-0.1, -0.05) is 81.0 Å². The largest absolute Gasteiger partial charge is 0.502 e. The second-order valence-corrected chi connectivity index (χ2v) is 8.99. The Balaban J connectivity index is 2.05. The van der Waals surface area contributed by atoms with Gasteiger partial charge in [-0.15, -0.1) is 0 Å². The van der Waals surface area contributed by atoms with Gasteiger partial charge < -0.3 is 10.4 Å². The molecule has 0 spiro atoms. The molecule has 154 valence electrons. The molecule has 3 rings (SSSR count). The second kappa shape index (κ2) is 8.80. The highest BCUT2D eigenvalue weighted by molar-refractivity contribution is 7.81. The number of pyridine rings is 1. The lowest BCUT2D eigenvalue weighted by atomic mass is 9.86.